The van der Waals surface area contributed by atoms with Gasteiger partial charge in [0.25, 0.3) is 5.91 Å². The Bertz CT molecular complexity index is 739. The molecule has 1 heterocycles. The zero-order valence-electron chi connectivity index (χ0n) is 12.3. The number of carbonyl (C=O) groups excluding carboxylic acids is 1. The summed E-state index contributed by atoms with van der Waals surface area (Å²) in [5, 5.41) is 9.30. The van der Waals surface area contributed by atoms with Gasteiger partial charge in [0.1, 0.15) is 0 Å². The number of nitrogens with zero attached hydrogens (tertiary/aromatic N) is 1. The molecule has 4 nitrogen and oxygen atoms in total. The SMILES string of the molecule is CCC(C(=O)O)c1cccc(N2Cc3ccccc3C2=O)c1. The molecular weight excluding hydrogens is 278 g/mol. The lowest BCUT2D eigenvalue weighted by Crippen LogP contribution is -2.23. The second-order valence-electron chi connectivity index (χ2n) is 5.44. The summed E-state index contributed by atoms with van der Waals surface area (Å²) in [6, 6.07) is 14.8. The molecule has 1 amide bonds. The summed E-state index contributed by atoms with van der Waals surface area (Å²) in [7, 11) is 0. The Morgan fingerprint density at radius 3 is 2.68 bits per heavy atom. The lowest BCUT2D eigenvalue weighted by atomic mass is 9.96. The molecule has 3 rings (SSSR count). The number of rotatable bonds is 4. The van der Waals surface area contributed by atoms with Crippen LogP contribution in [0, 0.1) is 0 Å². The Morgan fingerprint density at radius 1 is 1.23 bits per heavy atom. The van der Waals surface area contributed by atoms with Crippen LogP contribution in [-0.4, -0.2) is 17.0 Å². The monoisotopic (exact) mass is 295 g/mol. The van der Waals surface area contributed by atoms with Gasteiger partial charge in [0.05, 0.1) is 12.5 Å². The fourth-order valence-electron chi connectivity index (χ4n) is 2.93. The first-order valence-corrected chi connectivity index (χ1v) is 7.34. The normalized spacial score (nSPS) is 14.8. The first kappa shape index (κ1) is 14.3. The number of anilines is 1. The van der Waals surface area contributed by atoms with Crippen molar-refractivity contribution in [2.75, 3.05) is 4.90 Å². The van der Waals surface area contributed by atoms with Crippen LogP contribution < -0.4 is 4.90 Å². The Morgan fingerprint density at radius 2 is 2.00 bits per heavy atom. The molecule has 2 aromatic rings. The highest BCUT2D eigenvalue weighted by atomic mass is 16.4. The molecule has 0 bridgehead atoms. The van der Waals surface area contributed by atoms with Crippen LogP contribution >= 0.6 is 0 Å². The number of carbonyl (C=O) groups is 2. The van der Waals surface area contributed by atoms with Crippen LogP contribution in [0.4, 0.5) is 5.69 Å². The summed E-state index contributed by atoms with van der Waals surface area (Å²) in [6.45, 7) is 2.38. The second-order valence-corrected chi connectivity index (χ2v) is 5.44. The van der Waals surface area contributed by atoms with Crippen molar-refractivity contribution in [3.8, 4) is 0 Å². The summed E-state index contributed by atoms with van der Waals surface area (Å²) >= 11 is 0. The van der Waals surface area contributed by atoms with Crippen LogP contribution in [0.25, 0.3) is 0 Å². The van der Waals surface area contributed by atoms with E-state index in [0.29, 0.717) is 13.0 Å². The number of carboxylic acid groups (broad SMARTS) is 1. The molecule has 112 valence electrons. The third kappa shape index (κ3) is 2.37. The number of fused-ring (bicyclic) bond motifs is 1. The van der Waals surface area contributed by atoms with E-state index in [1.54, 1.807) is 11.0 Å². The van der Waals surface area contributed by atoms with Crippen LogP contribution in [0.2, 0.25) is 0 Å². The average Bonchev–Trinajstić information content (AvgIpc) is 2.86. The van der Waals surface area contributed by atoms with Crippen LogP contribution in [-0.2, 0) is 11.3 Å². The van der Waals surface area contributed by atoms with Crippen molar-refractivity contribution in [2.45, 2.75) is 25.8 Å². The van der Waals surface area contributed by atoms with Gasteiger partial charge in [-0.25, -0.2) is 0 Å². The molecule has 0 aliphatic carbocycles. The minimum atomic E-state index is -0.837. The highest BCUT2D eigenvalue weighted by Crippen LogP contribution is 2.30. The van der Waals surface area contributed by atoms with Gasteiger partial charge in [-0.1, -0.05) is 37.3 Å². The fraction of sp³-hybridized carbons (Fsp3) is 0.222. The topological polar surface area (TPSA) is 57.6 Å². The zero-order chi connectivity index (χ0) is 15.7. The first-order chi connectivity index (χ1) is 10.6. The Balaban J connectivity index is 1.94. The quantitative estimate of drug-likeness (QED) is 0.940. The van der Waals surface area contributed by atoms with Crippen LogP contribution in [0.15, 0.2) is 48.5 Å². The maximum atomic E-state index is 12.5. The van der Waals surface area contributed by atoms with Crippen molar-refractivity contribution >= 4 is 17.6 Å². The van der Waals surface area contributed by atoms with Gasteiger partial charge >= 0.3 is 5.97 Å². The Hall–Kier alpha value is -2.62. The van der Waals surface area contributed by atoms with Gasteiger partial charge in [-0.15, -0.1) is 0 Å². The van der Waals surface area contributed by atoms with Gasteiger partial charge in [0.2, 0.25) is 0 Å². The first-order valence-electron chi connectivity index (χ1n) is 7.34. The molecule has 1 unspecified atom stereocenters. The lowest BCUT2D eigenvalue weighted by Gasteiger charge is -2.18. The van der Waals surface area contributed by atoms with E-state index in [0.717, 1.165) is 22.4 Å². The average molecular weight is 295 g/mol. The number of amides is 1. The van der Waals surface area contributed by atoms with E-state index in [1.165, 1.54) is 0 Å². The lowest BCUT2D eigenvalue weighted by molar-refractivity contribution is -0.138. The van der Waals surface area contributed by atoms with Gasteiger partial charge < -0.3 is 10.0 Å². The van der Waals surface area contributed by atoms with E-state index in [-0.39, 0.29) is 5.91 Å². The number of hydrogen-bond acceptors (Lipinski definition) is 2. The Kier molecular flexibility index (Phi) is 3.67. The molecule has 4 heteroatoms. The van der Waals surface area contributed by atoms with Crippen molar-refractivity contribution in [3.05, 3.63) is 65.2 Å². The smallest absolute Gasteiger partial charge is 0.310 e. The predicted molar refractivity (Wildman–Crippen MR) is 84.1 cm³/mol. The molecule has 0 radical (unpaired) electrons. The molecule has 1 atom stereocenters. The molecule has 2 aromatic carbocycles. The molecule has 0 spiro atoms. The molecule has 22 heavy (non-hydrogen) atoms. The summed E-state index contributed by atoms with van der Waals surface area (Å²) in [4.78, 5) is 25.5. The molecule has 0 saturated heterocycles. The van der Waals surface area contributed by atoms with E-state index in [4.69, 9.17) is 0 Å². The van der Waals surface area contributed by atoms with Crippen LogP contribution in [0.3, 0.4) is 0 Å². The maximum absolute atomic E-state index is 12.5. The third-order valence-electron chi connectivity index (χ3n) is 4.11. The van der Waals surface area contributed by atoms with Crippen molar-refractivity contribution in [2.24, 2.45) is 0 Å². The van der Waals surface area contributed by atoms with Gasteiger partial charge in [0, 0.05) is 11.3 Å². The molecule has 0 saturated carbocycles. The van der Waals surface area contributed by atoms with Gasteiger partial charge in [-0.05, 0) is 35.7 Å². The van der Waals surface area contributed by atoms with Crippen LogP contribution in [0.1, 0.15) is 40.7 Å². The highest BCUT2D eigenvalue weighted by Gasteiger charge is 2.28. The number of aliphatic carboxylic acids is 1. The minimum absolute atomic E-state index is 0.0314. The van der Waals surface area contributed by atoms with E-state index >= 15 is 0 Å². The van der Waals surface area contributed by atoms with E-state index in [2.05, 4.69) is 0 Å². The maximum Gasteiger partial charge on any atom is 0.310 e. The minimum Gasteiger partial charge on any atom is -0.481 e. The van der Waals surface area contributed by atoms with Gasteiger partial charge in [-0.3, -0.25) is 9.59 Å². The summed E-state index contributed by atoms with van der Waals surface area (Å²) < 4.78 is 0. The van der Waals surface area contributed by atoms with E-state index < -0.39 is 11.9 Å². The summed E-state index contributed by atoms with van der Waals surface area (Å²) in [5.74, 6) is -1.41. The fourth-order valence-corrected chi connectivity index (χ4v) is 2.93. The van der Waals surface area contributed by atoms with Gasteiger partial charge in [0.15, 0.2) is 0 Å². The molecule has 1 aliphatic heterocycles. The van der Waals surface area contributed by atoms with E-state index in [1.807, 2.05) is 49.4 Å². The molecule has 0 fully saturated rings. The standard InChI is InChI=1S/C18H17NO3/c1-2-15(18(21)22)12-7-5-8-14(10-12)19-11-13-6-3-4-9-16(13)17(19)20/h3-10,15H,2,11H2,1H3,(H,21,22). The van der Waals surface area contributed by atoms with Crippen molar-refractivity contribution in [1.82, 2.24) is 0 Å². The molecule has 1 N–H and O–H groups in total. The molecule has 1 aliphatic rings. The largest absolute Gasteiger partial charge is 0.481 e. The second kappa shape index (κ2) is 5.64. The Labute approximate surface area is 129 Å². The van der Waals surface area contributed by atoms with Crippen molar-refractivity contribution < 1.29 is 14.7 Å². The molecule has 0 aromatic heterocycles. The predicted octanol–water partition coefficient (Wildman–Crippen LogP) is 3.43. The summed E-state index contributed by atoms with van der Waals surface area (Å²) in [6.07, 6.45) is 0.521. The van der Waals surface area contributed by atoms with E-state index in [9.17, 15) is 14.7 Å². The number of benzene rings is 2. The number of hydrogen-bond donors (Lipinski definition) is 1. The zero-order valence-corrected chi connectivity index (χ0v) is 12.3. The van der Waals surface area contributed by atoms with Gasteiger partial charge in [-0.2, -0.15) is 0 Å². The van der Waals surface area contributed by atoms with Crippen LogP contribution in [0.5, 0.6) is 0 Å². The van der Waals surface area contributed by atoms with Crippen molar-refractivity contribution in [1.29, 1.82) is 0 Å². The third-order valence-corrected chi connectivity index (χ3v) is 4.11. The van der Waals surface area contributed by atoms with Crippen molar-refractivity contribution in [3.63, 3.8) is 0 Å². The number of carboxylic acids is 1. The highest BCUT2D eigenvalue weighted by molar-refractivity contribution is 6.10. The summed E-state index contributed by atoms with van der Waals surface area (Å²) in [5.41, 5.74) is 3.20. The molecular formula is C18H17NO3.